The second kappa shape index (κ2) is 11.0. The van der Waals surface area contributed by atoms with Crippen LogP contribution >= 0.6 is 0 Å². The number of hydrogen-bond donors (Lipinski definition) is 0. The van der Waals surface area contributed by atoms with Crippen LogP contribution in [0.5, 0.6) is 0 Å². The highest BCUT2D eigenvalue weighted by atomic mass is 15.1. The predicted octanol–water partition coefficient (Wildman–Crippen LogP) is 8.60. The number of hydrogen-bond acceptors (Lipinski definition) is 4. The van der Waals surface area contributed by atoms with Gasteiger partial charge in [0.2, 0.25) is 0 Å². The molecule has 0 unspecified atom stereocenters. The molecule has 43 heavy (non-hydrogen) atoms. The molecule has 0 bridgehead atoms. The van der Waals surface area contributed by atoms with E-state index in [2.05, 4.69) is 133 Å². The number of aromatic nitrogens is 4. The van der Waals surface area contributed by atoms with E-state index in [1.54, 1.807) is 0 Å². The Morgan fingerprint density at radius 3 is 2.14 bits per heavy atom. The van der Waals surface area contributed by atoms with E-state index in [0.717, 1.165) is 47.6 Å². The molecule has 0 aliphatic rings. The number of benzene rings is 3. The number of para-hydroxylation sites is 1. The molecule has 0 saturated carbocycles. The molecule has 212 valence electrons. The average molecular weight is 562 g/mol. The fourth-order valence-corrected chi connectivity index (χ4v) is 6.24. The number of nitrogens with zero attached hydrogens (tertiary/aromatic N) is 5. The number of pyridine rings is 3. The molecule has 3 aromatic carbocycles. The summed E-state index contributed by atoms with van der Waals surface area (Å²) in [6, 6.07) is 32.4. The third-order valence-electron chi connectivity index (χ3n) is 8.27. The molecule has 7 rings (SSSR count). The van der Waals surface area contributed by atoms with E-state index in [4.69, 9.17) is 9.97 Å². The average Bonchev–Trinajstić information content (AvgIpc) is 3.38. The molecule has 0 spiro atoms. The first-order valence-electron chi connectivity index (χ1n) is 14.9. The maximum Gasteiger partial charge on any atom is 0.0726 e. The molecule has 0 saturated heterocycles. The molecule has 7 aromatic rings. The zero-order valence-electron chi connectivity index (χ0n) is 25.2. The molecular formula is C38H35N5. The van der Waals surface area contributed by atoms with Gasteiger partial charge in [0.15, 0.2) is 0 Å². The summed E-state index contributed by atoms with van der Waals surface area (Å²) in [5.74, 6) is 0. The molecule has 4 heterocycles. The van der Waals surface area contributed by atoms with Crippen LogP contribution in [0.1, 0.15) is 33.8 Å². The van der Waals surface area contributed by atoms with E-state index in [1.807, 2.05) is 12.3 Å². The van der Waals surface area contributed by atoms with Crippen LogP contribution < -0.4 is 4.90 Å². The minimum absolute atomic E-state index is 0.722. The number of rotatable bonds is 7. The van der Waals surface area contributed by atoms with Crippen molar-refractivity contribution in [2.24, 2.45) is 0 Å². The van der Waals surface area contributed by atoms with Crippen LogP contribution in [0.25, 0.3) is 38.4 Å². The Labute approximate surface area is 252 Å². The minimum atomic E-state index is 0.722. The van der Waals surface area contributed by atoms with Crippen molar-refractivity contribution in [2.45, 2.75) is 40.7 Å². The highest BCUT2D eigenvalue weighted by Gasteiger charge is 2.17. The monoisotopic (exact) mass is 561 g/mol. The Balaban J connectivity index is 1.33. The minimum Gasteiger partial charge on any atom is -0.365 e. The molecule has 0 atom stereocenters. The Kier molecular flexibility index (Phi) is 6.86. The summed E-state index contributed by atoms with van der Waals surface area (Å²) in [5, 5.41) is 3.63. The lowest BCUT2D eigenvalue weighted by molar-refractivity contribution is 0.770. The summed E-state index contributed by atoms with van der Waals surface area (Å²) in [6.07, 6.45) is 5.10. The Bertz CT molecular complexity index is 2110. The number of fused-ring (bicyclic) bond motifs is 3. The number of aryl methyl sites for hydroxylation is 4. The zero-order chi connectivity index (χ0) is 29.5. The van der Waals surface area contributed by atoms with Crippen LogP contribution in [0.2, 0.25) is 0 Å². The van der Waals surface area contributed by atoms with Crippen molar-refractivity contribution in [1.82, 2.24) is 19.5 Å². The van der Waals surface area contributed by atoms with Crippen LogP contribution in [-0.2, 0) is 13.0 Å². The van der Waals surface area contributed by atoms with E-state index < -0.39 is 0 Å². The topological polar surface area (TPSA) is 46.8 Å². The van der Waals surface area contributed by atoms with Gasteiger partial charge in [-0.1, -0.05) is 47.5 Å². The van der Waals surface area contributed by atoms with Gasteiger partial charge >= 0.3 is 0 Å². The van der Waals surface area contributed by atoms with Gasteiger partial charge < -0.3 is 9.47 Å². The van der Waals surface area contributed by atoms with Gasteiger partial charge in [0, 0.05) is 52.2 Å². The van der Waals surface area contributed by atoms with Gasteiger partial charge in [0.05, 0.1) is 34.5 Å². The Hall–Kier alpha value is -5.03. The van der Waals surface area contributed by atoms with Gasteiger partial charge in [0.1, 0.15) is 0 Å². The van der Waals surface area contributed by atoms with E-state index in [9.17, 15) is 0 Å². The quantitative estimate of drug-likeness (QED) is 0.195. The molecule has 0 N–H and O–H groups in total. The third-order valence-corrected chi connectivity index (χ3v) is 8.27. The normalized spacial score (nSPS) is 11.5. The second-order valence-electron chi connectivity index (χ2n) is 11.6. The smallest absolute Gasteiger partial charge is 0.0726 e. The Morgan fingerprint density at radius 2 is 1.37 bits per heavy atom. The highest BCUT2D eigenvalue weighted by molar-refractivity contribution is 5.94. The van der Waals surface area contributed by atoms with Crippen LogP contribution in [-0.4, -0.2) is 26.1 Å². The lowest BCUT2D eigenvalue weighted by Gasteiger charge is -2.26. The van der Waals surface area contributed by atoms with Gasteiger partial charge in [-0.2, -0.15) is 0 Å². The fourth-order valence-electron chi connectivity index (χ4n) is 6.24. The van der Waals surface area contributed by atoms with Crippen molar-refractivity contribution in [3.05, 3.63) is 137 Å². The molecule has 0 aliphatic carbocycles. The standard InChI is InChI=1S/C38H35N5/c1-25-12-14-34-32(19-25)37(21-27(3)40-34)42(24-30-9-7-8-17-39-30)18-16-29-23-43(36-11-6-5-10-31(29)36)38-22-28(4)41-35-15-13-26(2)20-33(35)38/h5-15,17,19-23H,16,18,24H2,1-4H3. The van der Waals surface area contributed by atoms with Crippen LogP contribution in [0.15, 0.2) is 103 Å². The molecule has 0 fully saturated rings. The van der Waals surface area contributed by atoms with Crippen molar-refractivity contribution in [1.29, 1.82) is 0 Å². The van der Waals surface area contributed by atoms with Crippen LogP contribution in [0, 0.1) is 27.7 Å². The molecule has 5 heteroatoms. The maximum absolute atomic E-state index is 4.85. The molecule has 0 radical (unpaired) electrons. The number of anilines is 1. The summed E-state index contributed by atoms with van der Waals surface area (Å²) in [4.78, 5) is 16.8. The van der Waals surface area contributed by atoms with Crippen molar-refractivity contribution < 1.29 is 0 Å². The molecule has 0 amide bonds. The maximum atomic E-state index is 4.85. The molecular weight excluding hydrogens is 526 g/mol. The van der Waals surface area contributed by atoms with E-state index in [1.165, 1.54) is 49.7 Å². The summed E-state index contributed by atoms with van der Waals surface area (Å²) < 4.78 is 2.36. The first-order valence-corrected chi connectivity index (χ1v) is 14.9. The lowest BCUT2D eigenvalue weighted by Crippen LogP contribution is -2.26. The molecule has 5 nitrogen and oxygen atoms in total. The van der Waals surface area contributed by atoms with E-state index >= 15 is 0 Å². The SMILES string of the molecule is Cc1ccc2nc(C)cc(N(CCc3cn(-c4cc(C)nc5ccc(C)cc45)c4ccccc34)Cc3ccccn3)c2c1. The van der Waals surface area contributed by atoms with Gasteiger partial charge in [-0.3, -0.25) is 15.0 Å². The highest BCUT2D eigenvalue weighted by Crippen LogP contribution is 2.32. The lowest BCUT2D eigenvalue weighted by atomic mass is 10.1. The molecule has 0 aliphatic heterocycles. The predicted molar refractivity (Wildman–Crippen MR) is 178 cm³/mol. The van der Waals surface area contributed by atoms with Crippen LogP contribution in [0.4, 0.5) is 5.69 Å². The first kappa shape index (κ1) is 26.8. The summed E-state index contributed by atoms with van der Waals surface area (Å²) in [5.41, 5.74) is 12.5. The third kappa shape index (κ3) is 5.23. The van der Waals surface area contributed by atoms with Crippen molar-refractivity contribution in [3.63, 3.8) is 0 Å². The van der Waals surface area contributed by atoms with E-state index in [-0.39, 0.29) is 0 Å². The Morgan fingerprint density at radius 1 is 0.674 bits per heavy atom. The van der Waals surface area contributed by atoms with Gasteiger partial charge in [0.25, 0.3) is 0 Å². The van der Waals surface area contributed by atoms with Crippen molar-refractivity contribution in [2.75, 3.05) is 11.4 Å². The largest absolute Gasteiger partial charge is 0.365 e. The molecule has 4 aromatic heterocycles. The fraction of sp³-hybridized carbons (Fsp3) is 0.184. The summed E-state index contributed by atoms with van der Waals surface area (Å²) in [6.45, 7) is 10.0. The van der Waals surface area contributed by atoms with E-state index in [0.29, 0.717) is 0 Å². The zero-order valence-corrected chi connectivity index (χ0v) is 25.2. The first-order chi connectivity index (χ1) is 20.9. The second-order valence-corrected chi connectivity index (χ2v) is 11.6. The van der Waals surface area contributed by atoms with Crippen molar-refractivity contribution >= 4 is 38.4 Å². The summed E-state index contributed by atoms with van der Waals surface area (Å²) >= 11 is 0. The van der Waals surface area contributed by atoms with Crippen molar-refractivity contribution in [3.8, 4) is 5.69 Å². The van der Waals surface area contributed by atoms with Gasteiger partial charge in [-0.15, -0.1) is 0 Å². The van der Waals surface area contributed by atoms with Gasteiger partial charge in [-0.05, 0) is 94.3 Å². The van der Waals surface area contributed by atoms with Crippen LogP contribution in [0.3, 0.4) is 0 Å². The summed E-state index contributed by atoms with van der Waals surface area (Å²) in [7, 11) is 0. The van der Waals surface area contributed by atoms with Gasteiger partial charge in [-0.25, -0.2) is 0 Å².